The van der Waals surface area contributed by atoms with Crippen LogP contribution in [-0.2, 0) is 15.3 Å². The van der Waals surface area contributed by atoms with Crippen molar-refractivity contribution in [1.29, 1.82) is 0 Å². The molecule has 2 N–H and O–H groups in total. The number of thioether (sulfide) groups is 1. The molecule has 2 aromatic carbocycles. The number of aromatic nitrogens is 2. The van der Waals surface area contributed by atoms with Crippen LogP contribution in [0.3, 0.4) is 0 Å². The average molecular weight is 462 g/mol. The molecule has 0 radical (unpaired) electrons. The number of hydrogen-bond acceptors (Lipinski definition) is 6. The molecular weight excluding hydrogens is 434 g/mol. The van der Waals surface area contributed by atoms with Gasteiger partial charge in [0, 0.05) is 11.4 Å². The van der Waals surface area contributed by atoms with Gasteiger partial charge < -0.3 is 15.0 Å². The Labute approximate surface area is 197 Å². The predicted molar refractivity (Wildman–Crippen MR) is 131 cm³/mol. The summed E-state index contributed by atoms with van der Waals surface area (Å²) in [6, 6.07) is 17.9. The van der Waals surface area contributed by atoms with E-state index in [-0.39, 0.29) is 11.7 Å². The summed E-state index contributed by atoms with van der Waals surface area (Å²) in [5.41, 5.74) is 4.30. The van der Waals surface area contributed by atoms with Gasteiger partial charge in [0.25, 0.3) is 5.56 Å². The molecule has 4 rings (SSSR count). The molecule has 0 saturated heterocycles. The summed E-state index contributed by atoms with van der Waals surface area (Å²) in [7, 11) is 0. The van der Waals surface area contributed by atoms with Crippen LogP contribution in [0, 0.1) is 6.92 Å². The SMILES string of the molecule is CC1=C(C(=O)OC(C)C)C(c2ccc(C)cc2)c2c(nc(SCc3ccccc3)[nH]c2=O)N1. The molecule has 6 nitrogen and oxygen atoms in total. The van der Waals surface area contributed by atoms with Gasteiger partial charge in [0.2, 0.25) is 0 Å². The molecule has 7 heteroatoms. The number of nitrogens with zero attached hydrogens (tertiary/aromatic N) is 1. The first-order chi connectivity index (χ1) is 15.8. The van der Waals surface area contributed by atoms with E-state index in [0.717, 1.165) is 16.7 Å². The molecule has 1 aromatic heterocycles. The van der Waals surface area contributed by atoms with Crippen molar-refractivity contribution in [3.8, 4) is 0 Å². The maximum atomic E-state index is 13.3. The molecule has 1 aliphatic rings. The Balaban J connectivity index is 1.76. The number of anilines is 1. The van der Waals surface area contributed by atoms with Crippen molar-refractivity contribution < 1.29 is 9.53 Å². The predicted octanol–water partition coefficient (Wildman–Crippen LogP) is 5.15. The second kappa shape index (κ2) is 9.67. The molecule has 0 bridgehead atoms. The van der Waals surface area contributed by atoms with Crippen LogP contribution in [0.5, 0.6) is 0 Å². The third-order valence-corrected chi connectivity index (χ3v) is 6.36. The maximum Gasteiger partial charge on any atom is 0.337 e. The van der Waals surface area contributed by atoms with E-state index in [1.807, 2.05) is 82.3 Å². The number of aromatic amines is 1. The molecule has 2 heterocycles. The number of nitrogens with one attached hydrogen (secondary N) is 2. The van der Waals surface area contributed by atoms with Crippen LogP contribution in [0.25, 0.3) is 0 Å². The third-order valence-electron chi connectivity index (χ3n) is 5.41. The fraction of sp³-hybridized carbons (Fsp3) is 0.269. The van der Waals surface area contributed by atoms with E-state index in [9.17, 15) is 9.59 Å². The third kappa shape index (κ3) is 5.03. The lowest BCUT2D eigenvalue weighted by atomic mass is 9.82. The zero-order chi connectivity index (χ0) is 23.5. The van der Waals surface area contributed by atoms with Crippen LogP contribution in [-0.4, -0.2) is 22.0 Å². The minimum atomic E-state index is -0.572. The van der Waals surface area contributed by atoms with Crippen LogP contribution in [0.4, 0.5) is 5.82 Å². The van der Waals surface area contributed by atoms with Gasteiger partial charge >= 0.3 is 5.97 Å². The quantitative estimate of drug-likeness (QED) is 0.300. The number of H-pyrrole nitrogens is 1. The summed E-state index contributed by atoms with van der Waals surface area (Å²) in [6.45, 7) is 7.44. The first kappa shape index (κ1) is 22.9. The number of aryl methyl sites for hydroxylation is 1. The minimum Gasteiger partial charge on any atom is -0.460 e. The topological polar surface area (TPSA) is 84.1 Å². The number of ether oxygens (including phenoxy) is 1. The molecule has 1 aliphatic heterocycles. The molecule has 0 saturated carbocycles. The lowest BCUT2D eigenvalue weighted by Gasteiger charge is -2.29. The number of esters is 1. The summed E-state index contributed by atoms with van der Waals surface area (Å²) >= 11 is 1.46. The zero-order valence-corrected chi connectivity index (χ0v) is 20.0. The van der Waals surface area contributed by atoms with E-state index in [1.54, 1.807) is 0 Å². The summed E-state index contributed by atoms with van der Waals surface area (Å²) in [6.07, 6.45) is -0.272. The number of carbonyl (C=O) groups excluding carboxylic acids is 1. The zero-order valence-electron chi connectivity index (χ0n) is 19.1. The molecule has 0 fully saturated rings. The minimum absolute atomic E-state index is 0.268. The van der Waals surface area contributed by atoms with Gasteiger partial charge in [0.1, 0.15) is 5.82 Å². The maximum absolute atomic E-state index is 13.3. The van der Waals surface area contributed by atoms with Gasteiger partial charge in [-0.1, -0.05) is 71.9 Å². The van der Waals surface area contributed by atoms with E-state index in [4.69, 9.17) is 9.72 Å². The highest BCUT2D eigenvalue weighted by Gasteiger charge is 2.36. The van der Waals surface area contributed by atoms with Gasteiger partial charge in [0.05, 0.1) is 23.2 Å². The van der Waals surface area contributed by atoms with Crippen molar-refractivity contribution in [1.82, 2.24) is 9.97 Å². The van der Waals surface area contributed by atoms with Gasteiger partial charge in [-0.05, 0) is 38.8 Å². The van der Waals surface area contributed by atoms with Gasteiger partial charge in [0.15, 0.2) is 5.16 Å². The molecular formula is C26H27N3O3S. The molecule has 0 spiro atoms. The van der Waals surface area contributed by atoms with E-state index in [2.05, 4.69) is 10.3 Å². The molecule has 3 aromatic rings. The molecule has 0 amide bonds. The Kier molecular flexibility index (Phi) is 6.70. The monoisotopic (exact) mass is 461 g/mol. The summed E-state index contributed by atoms with van der Waals surface area (Å²) in [4.78, 5) is 34.0. The Morgan fingerprint density at radius 2 is 1.79 bits per heavy atom. The average Bonchev–Trinajstić information content (AvgIpc) is 2.77. The number of rotatable bonds is 6. The summed E-state index contributed by atoms with van der Waals surface area (Å²) in [5.74, 6) is 0.147. The standard InChI is InChI=1S/C26H27N3O3S/c1-15(2)32-25(31)20-17(4)27-23-22(21(20)19-12-10-16(3)11-13-19)24(30)29-26(28-23)33-14-18-8-6-5-7-9-18/h5-13,15,21H,14H2,1-4H3,(H2,27,28,29,30). The van der Waals surface area contributed by atoms with Crippen LogP contribution in [0.1, 0.15) is 48.9 Å². The van der Waals surface area contributed by atoms with Gasteiger partial charge in [-0.15, -0.1) is 0 Å². The Hall–Kier alpha value is -3.32. The lowest BCUT2D eigenvalue weighted by molar-refractivity contribution is -0.143. The van der Waals surface area contributed by atoms with Gasteiger partial charge in [-0.2, -0.15) is 0 Å². The number of fused-ring (bicyclic) bond motifs is 1. The number of allylic oxidation sites excluding steroid dienone is 1. The van der Waals surface area contributed by atoms with Crippen molar-refractivity contribution in [3.05, 3.63) is 98.5 Å². The lowest BCUT2D eigenvalue weighted by Crippen LogP contribution is -2.31. The summed E-state index contributed by atoms with van der Waals surface area (Å²) in [5, 5.41) is 3.72. The van der Waals surface area contributed by atoms with Crippen molar-refractivity contribution in [2.45, 2.75) is 50.6 Å². The first-order valence-electron chi connectivity index (χ1n) is 10.9. The smallest absolute Gasteiger partial charge is 0.337 e. The highest BCUT2D eigenvalue weighted by molar-refractivity contribution is 7.98. The number of carbonyl (C=O) groups is 1. The van der Waals surface area contributed by atoms with Crippen LogP contribution >= 0.6 is 11.8 Å². The second-order valence-corrected chi connectivity index (χ2v) is 9.33. The normalized spacial score (nSPS) is 15.2. The van der Waals surface area contributed by atoms with E-state index in [0.29, 0.717) is 33.6 Å². The first-order valence-corrected chi connectivity index (χ1v) is 11.9. The molecule has 1 atom stereocenters. The Bertz CT molecular complexity index is 1250. The van der Waals surface area contributed by atoms with Crippen LogP contribution in [0.15, 0.2) is 75.8 Å². The number of hydrogen-bond donors (Lipinski definition) is 2. The fourth-order valence-electron chi connectivity index (χ4n) is 3.87. The highest BCUT2D eigenvalue weighted by atomic mass is 32.2. The van der Waals surface area contributed by atoms with Crippen molar-refractivity contribution in [2.75, 3.05) is 5.32 Å². The molecule has 33 heavy (non-hydrogen) atoms. The molecule has 0 aliphatic carbocycles. The largest absolute Gasteiger partial charge is 0.460 e. The molecule has 1 unspecified atom stereocenters. The fourth-order valence-corrected chi connectivity index (χ4v) is 4.68. The molecule has 170 valence electrons. The van der Waals surface area contributed by atoms with Crippen molar-refractivity contribution >= 4 is 23.5 Å². The van der Waals surface area contributed by atoms with Gasteiger partial charge in [-0.25, -0.2) is 9.78 Å². The van der Waals surface area contributed by atoms with Crippen molar-refractivity contribution in [2.24, 2.45) is 0 Å². The highest BCUT2D eigenvalue weighted by Crippen LogP contribution is 2.40. The summed E-state index contributed by atoms with van der Waals surface area (Å²) < 4.78 is 5.53. The van der Waals surface area contributed by atoms with E-state index >= 15 is 0 Å². The van der Waals surface area contributed by atoms with Crippen molar-refractivity contribution in [3.63, 3.8) is 0 Å². The van der Waals surface area contributed by atoms with E-state index in [1.165, 1.54) is 11.8 Å². The Morgan fingerprint density at radius 3 is 2.45 bits per heavy atom. The second-order valence-electron chi connectivity index (χ2n) is 8.37. The van der Waals surface area contributed by atoms with E-state index < -0.39 is 11.9 Å². The van der Waals surface area contributed by atoms with Crippen LogP contribution < -0.4 is 10.9 Å². The number of benzene rings is 2. The van der Waals surface area contributed by atoms with Crippen LogP contribution in [0.2, 0.25) is 0 Å². The van der Waals surface area contributed by atoms with Gasteiger partial charge in [-0.3, -0.25) is 4.79 Å². The Morgan fingerprint density at radius 1 is 1.09 bits per heavy atom.